The maximum absolute atomic E-state index is 4.61. The number of hydrogen-bond acceptors (Lipinski definition) is 4. The molecule has 0 unspecified atom stereocenters. The average molecular weight is 305 g/mol. The Hall–Kier alpha value is -2.46. The van der Waals surface area contributed by atoms with Crippen LogP contribution in [0.3, 0.4) is 0 Å². The number of fused-ring (bicyclic) bond motifs is 1. The maximum Gasteiger partial charge on any atom is 0.123 e. The summed E-state index contributed by atoms with van der Waals surface area (Å²) in [6, 6.07) is 16.5. The van der Waals surface area contributed by atoms with Crippen molar-refractivity contribution in [2.75, 3.05) is 0 Å². The molecule has 0 aliphatic carbocycles. The smallest absolute Gasteiger partial charge is 0.123 e. The summed E-state index contributed by atoms with van der Waals surface area (Å²) in [6.45, 7) is 1.66. The molecular formula is C18H15N3S. The van der Waals surface area contributed by atoms with Crippen molar-refractivity contribution in [1.29, 1.82) is 0 Å². The Morgan fingerprint density at radius 2 is 1.91 bits per heavy atom. The predicted molar refractivity (Wildman–Crippen MR) is 91.4 cm³/mol. The van der Waals surface area contributed by atoms with Crippen LogP contribution in [0.25, 0.3) is 11.1 Å². The molecule has 3 heterocycles. The van der Waals surface area contributed by atoms with Crippen molar-refractivity contribution < 1.29 is 0 Å². The zero-order chi connectivity index (χ0) is 14.8. The standard InChI is InChI=1S/C18H15N3S/c1-2-6-14(7-3-1)17-12-22-18-16(17)11-21(13-20-18)10-15-8-4-5-9-19-15/h1-9,12-13H,10-11H2. The molecule has 1 aromatic carbocycles. The minimum atomic E-state index is 0.786. The lowest BCUT2D eigenvalue weighted by atomic mass is 10.0. The lowest BCUT2D eigenvalue weighted by Gasteiger charge is -2.23. The molecule has 22 heavy (non-hydrogen) atoms. The van der Waals surface area contributed by atoms with Gasteiger partial charge in [-0.3, -0.25) is 4.98 Å². The third-order valence-electron chi connectivity index (χ3n) is 3.75. The number of hydrogen-bond donors (Lipinski definition) is 0. The van der Waals surface area contributed by atoms with Crippen molar-refractivity contribution in [1.82, 2.24) is 9.88 Å². The van der Waals surface area contributed by atoms with E-state index in [1.165, 1.54) is 16.7 Å². The highest BCUT2D eigenvalue weighted by Gasteiger charge is 2.18. The fourth-order valence-corrected chi connectivity index (χ4v) is 3.60. The SMILES string of the molecule is C1=Nc2scc(-c3ccccc3)c2CN1Cc1ccccn1. The Morgan fingerprint density at radius 3 is 2.73 bits per heavy atom. The highest BCUT2D eigenvalue weighted by molar-refractivity contribution is 7.14. The summed E-state index contributed by atoms with van der Waals surface area (Å²) in [7, 11) is 0. The van der Waals surface area contributed by atoms with Gasteiger partial charge in [-0.05, 0) is 23.3 Å². The molecule has 0 bridgehead atoms. The van der Waals surface area contributed by atoms with Crippen molar-refractivity contribution >= 4 is 22.7 Å². The lowest BCUT2D eigenvalue weighted by Crippen LogP contribution is -2.23. The van der Waals surface area contributed by atoms with Crippen LogP contribution < -0.4 is 0 Å². The van der Waals surface area contributed by atoms with E-state index in [4.69, 9.17) is 0 Å². The minimum absolute atomic E-state index is 0.786. The molecule has 0 fully saturated rings. The third-order valence-corrected chi connectivity index (χ3v) is 4.68. The maximum atomic E-state index is 4.61. The summed E-state index contributed by atoms with van der Waals surface area (Å²) < 4.78 is 0. The zero-order valence-electron chi connectivity index (χ0n) is 12.0. The van der Waals surface area contributed by atoms with Gasteiger partial charge < -0.3 is 4.90 Å². The van der Waals surface area contributed by atoms with E-state index in [9.17, 15) is 0 Å². The van der Waals surface area contributed by atoms with Crippen LogP contribution in [-0.2, 0) is 13.1 Å². The molecule has 1 aliphatic rings. The van der Waals surface area contributed by atoms with E-state index in [1.807, 2.05) is 30.7 Å². The van der Waals surface area contributed by atoms with Crippen molar-refractivity contribution in [2.24, 2.45) is 4.99 Å². The first kappa shape index (κ1) is 13.2. The quantitative estimate of drug-likeness (QED) is 0.713. The second kappa shape index (κ2) is 5.73. The van der Waals surface area contributed by atoms with Gasteiger partial charge in [-0.1, -0.05) is 36.4 Å². The van der Waals surface area contributed by atoms with Crippen molar-refractivity contribution in [2.45, 2.75) is 13.1 Å². The van der Waals surface area contributed by atoms with Crippen LogP contribution in [0.15, 0.2) is 65.1 Å². The molecule has 0 N–H and O–H groups in total. The summed E-state index contributed by atoms with van der Waals surface area (Å²) >= 11 is 1.71. The third kappa shape index (κ3) is 2.53. The van der Waals surface area contributed by atoms with Gasteiger partial charge in [0.05, 0.1) is 18.6 Å². The monoisotopic (exact) mass is 305 g/mol. The highest BCUT2D eigenvalue weighted by atomic mass is 32.1. The summed E-state index contributed by atoms with van der Waals surface area (Å²) in [4.78, 5) is 11.2. The molecule has 108 valence electrons. The second-order valence-electron chi connectivity index (χ2n) is 5.27. The van der Waals surface area contributed by atoms with Gasteiger partial charge in [-0.2, -0.15) is 0 Å². The number of aliphatic imine (C=N–C) groups is 1. The van der Waals surface area contributed by atoms with Crippen LogP contribution >= 0.6 is 11.3 Å². The molecule has 3 aromatic rings. The summed E-state index contributed by atoms with van der Waals surface area (Å²) in [6.07, 6.45) is 3.77. The summed E-state index contributed by atoms with van der Waals surface area (Å²) in [5, 5.41) is 3.33. The lowest BCUT2D eigenvalue weighted by molar-refractivity contribution is 0.410. The molecule has 0 spiro atoms. The van der Waals surface area contributed by atoms with E-state index in [-0.39, 0.29) is 0 Å². The Balaban J connectivity index is 1.61. The van der Waals surface area contributed by atoms with Crippen LogP contribution in [0.1, 0.15) is 11.3 Å². The second-order valence-corrected chi connectivity index (χ2v) is 6.13. The first-order valence-corrected chi connectivity index (χ1v) is 8.12. The summed E-state index contributed by atoms with van der Waals surface area (Å²) in [5.41, 5.74) is 4.93. The number of thiophene rings is 1. The van der Waals surface area contributed by atoms with Crippen molar-refractivity contribution in [3.8, 4) is 11.1 Å². The van der Waals surface area contributed by atoms with Gasteiger partial charge in [-0.15, -0.1) is 11.3 Å². The Kier molecular flexibility index (Phi) is 3.45. The van der Waals surface area contributed by atoms with Crippen LogP contribution in [0, 0.1) is 0 Å². The van der Waals surface area contributed by atoms with E-state index in [1.54, 1.807) is 11.3 Å². The van der Waals surface area contributed by atoms with Gasteiger partial charge in [0.1, 0.15) is 5.00 Å². The molecule has 4 heteroatoms. The number of benzene rings is 1. The van der Waals surface area contributed by atoms with E-state index < -0.39 is 0 Å². The van der Waals surface area contributed by atoms with E-state index in [0.29, 0.717) is 0 Å². The van der Waals surface area contributed by atoms with Gasteiger partial charge in [0, 0.05) is 23.7 Å². The van der Waals surface area contributed by atoms with Crippen molar-refractivity contribution in [3.63, 3.8) is 0 Å². The van der Waals surface area contributed by atoms with Crippen LogP contribution in [0.2, 0.25) is 0 Å². The molecule has 0 radical (unpaired) electrons. The van der Waals surface area contributed by atoms with Gasteiger partial charge >= 0.3 is 0 Å². The van der Waals surface area contributed by atoms with Gasteiger partial charge in [0.15, 0.2) is 0 Å². The molecule has 1 aliphatic heterocycles. The zero-order valence-corrected chi connectivity index (χ0v) is 12.8. The Labute approximate surface area is 133 Å². The molecular weight excluding hydrogens is 290 g/mol. The van der Waals surface area contributed by atoms with Crippen molar-refractivity contribution in [3.05, 3.63) is 71.4 Å². The Morgan fingerprint density at radius 1 is 1.05 bits per heavy atom. The van der Waals surface area contributed by atoms with E-state index >= 15 is 0 Å². The fourth-order valence-electron chi connectivity index (χ4n) is 2.67. The van der Waals surface area contributed by atoms with Gasteiger partial charge in [-0.25, -0.2) is 4.99 Å². The number of nitrogens with zero attached hydrogens (tertiary/aromatic N) is 3. The minimum Gasteiger partial charge on any atom is -0.352 e. The van der Waals surface area contributed by atoms with Gasteiger partial charge in [0.25, 0.3) is 0 Å². The van der Waals surface area contributed by atoms with E-state index in [2.05, 4.69) is 50.6 Å². The van der Waals surface area contributed by atoms with Crippen LogP contribution in [0.5, 0.6) is 0 Å². The molecule has 0 amide bonds. The average Bonchev–Trinajstić information content (AvgIpc) is 3.00. The largest absolute Gasteiger partial charge is 0.352 e. The topological polar surface area (TPSA) is 28.5 Å². The molecule has 4 rings (SSSR count). The molecule has 3 nitrogen and oxygen atoms in total. The highest BCUT2D eigenvalue weighted by Crippen LogP contribution is 2.39. The van der Waals surface area contributed by atoms with Crippen LogP contribution in [-0.4, -0.2) is 16.2 Å². The molecule has 0 atom stereocenters. The first-order valence-electron chi connectivity index (χ1n) is 7.24. The van der Waals surface area contributed by atoms with E-state index in [0.717, 1.165) is 23.8 Å². The fraction of sp³-hybridized carbons (Fsp3) is 0.111. The number of pyridine rings is 1. The number of aromatic nitrogens is 1. The van der Waals surface area contributed by atoms with Gasteiger partial charge in [0.2, 0.25) is 0 Å². The summed E-state index contributed by atoms with van der Waals surface area (Å²) in [5.74, 6) is 0. The number of rotatable bonds is 3. The Bertz CT molecular complexity index is 794. The predicted octanol–water partition coefficient (Wildman–Crippen LogP) is 4.49. The normalized spacial score (nSPS) is 13.2. The first-order chi connectivity index (χ1) is 10.9. The molecule has 2 aromatic heterocycles. The molecule has 0 saturated heterocycles. The van der Waals surface area contributed by atoms with Crippen LogP contribution in [0.4, 0.5) is 5.00 Å². The molecule has 0 saturated carbocycles.